The SMILES string of the molecule is N#CC1(c2ccccc2S)CCC1. The lowest BCUT2D eigenvalue weighted by Gasteiger charge is -2.36. The minimum Gasteiger partial charge on any atom is -0.197 e. The number of thiol groups is 1. The van der Waals surface area contributed by atoms with E-state index in [1.54, 1.807) is 0 Å². The maximum Gasteiger partial charge on any atom is 0.0833 e. The van der Waals surface area contributed by atoms with E-state index in [4.69, 9.17) is 5.26 Å². The summed E-state index contributed by atoms with van der Waals surface area (Å²) < 4.78 is 0. The van der Waals surface area contributed by atoms with E-state index < -0.39 is 0 Å². The molecule has 1 fully saturated rings. The third-order valence-electron chi connectivity index (χ3n) is 2.84. The van der Waals surface area contributed by atoms with E-state index in [9.17, 15) is 0 Å². The monoisotopic (exact) mass is 189 g/mol. The molecule has 0 unspecified atom stereocenters. The highest BCUT2D eigenvalue weighted by Crippen LogP contribution is 2.44. The molecule has 0 spiro atoms. The first-order valence-corrected chi connectivity index (χ1v) is 4.93. The van der Waals surface area contributed by atoms with Crippen LogP contribution in [0.25, 0.3) is 0 Å². The quantitative estimate of drug-likeness (QED) is 0.675. The van der Waals surface area contributed by atoms with Crippen LogP contribution < -0.4 is 0 Å². The summed E-state index contributed by atoms with van der Waals surface area (Å²) in [5, 5.41) is 9.13. The molecular formula is C11H11NS. The van der Waals surface area contributed by atoms with Crippen molar-refractivity contribution in [3.63, 3.8) is 0 Å². The van der Waals surface area contributed by atoms with E-state index in [2.05, 4.69) is 18.7 Å². The highest BCUT2D eigenvalue weighted by molar-refractivity contribution is 7.80. The number of nitriles is 1. The van der Waals surface area contributed by atoms with Crippen molar-refractivity contribution in [2.45, 2.75) is 29.6 Å². The topological polar surface area (TPSA) is 23.8 Å². The average molecular weight is 189 g/mol. The van der Waals surface area contributed by atoms with Gasteiger partial charge in [0.25, 0.3) is 0 Å². The van der Waals surface area contributed by atoms with Gasteiger partial charge in [0.2, 0.25) is 0 Å². The summed E-state index contributed by atoms with van der Waals surface area (Å²) in [5.41, 5.74) is 0.880. The average Bonchev–Trinajstić information content (AvgIpc) is 2.07. The lowest BCUT2D eigenvalue weighted by atomic mass is 9.65. The molecule has 0 bridgehead atoms. The molecule has 0 radical (unpaired) electrons. The van der Waals surface area contributed by atoms with Gasteiger partial charge in [-0.05, 0) is 30.9 Å². The molecule has 0 atom stereocenters. The molecule has 1 saturated carbocycles. The molecule has 0 saturated heterocycles. The molecule has 0 amide bonds. The molecule has 2 rings (SSSR count). The zero-order valence-corrected chi connectivity index (χ0v) is 8.22. The maximum absolute atomic E-state index is 9.13. The normalized spacial score (nSPS) is 18.8. The van der Waals surface area contributed by atoms with Gasteiger partial charge in [-0.1, -0.05) is 18.2 Å². The molecule has 1 aliphatic rings. The summed E-state index contributed by atoms with van der Waals surface area (Å²) in [7, 11) is 0. The van der Waals surface area contributed by atoms with Gasteiger partial charge in [-0.15, -0.1) is 12.6 Å². The number of rotatable bonds is 1. The molecule has 1 aromatic rings. The van der Waals surface area contributed by atoms with Crippen LogP contribution in [-0.4, -0.2) is 0 Å². The van der Waals surface area contributed by atoms with Gasteiger partial charge >= 0.3 is 0 Å². The van der Waals surface area contributed by atoms with Crippen LogP contribution in [0.4, 0.5) is 0 Å². The molecule has 0 aliphatic heterocycles. The Hall–Kier alpha value is -0.940. The highest BCUT2D eigenvalue weighted by atomic mass is 32.1. The van der Waals surface area contributed by atoms with Crippen LogP contribution in [-0.2, 0) is 5.41 Å². The van der Waals surface area contributed by atoms with Gasteiger partial charge in [-0.2, -0.15) is 5.26 Å². The summed E-state index contributed by atoms with van der Waals surface area (Å²) in [5.74, 6) is 0. The fraction of sp³-hybridized carbons (Fsp3) is 0.364. The van der Waals surface area contributed by atoms with Crippen molar-refractivity contribution in [1.82, 2.24) is 0 Å². The first-order valence-electron chi connectivity index (χ1n) is 4.48. The number of nitrogens with zero attached hydrogens (tertiary/aromatic N) is 1. The Kier molecular flexibility index (Phi) is 2.05. The van der Waals surface area contributed by atoms with Crippen LogP contribution >= 0.6 is 12.6 Å². The van der Waals surface area contributed by atoms with Gasteiger partial charge < -0.3 is 0 Å². The fourth-order valence-corrected chi connectivity index (χ4v) is 2.22. The molecule has 1 nitrogen and oxygen atoms in total. The zero-order valence-electron chi connectivity index (χ0n) is 7.33. The van der Waals surface area contributed by atoms with Crippen LogP contribution in [0.15, 0.2) is 29.2 Å². The number of hydrogen-bond acceptors (Lipinski definition) is 2. The Balaban J connectivity index is 2.46. The standard InChI is InChI=1S/C11H11NS/c12-8-11(6-3-7-11)9-4-1-2-5-10(9)13/h1-2,4-5,13H,3,6-7H2. The third-order valence-corrected chi connectivity index (χ3v) is 3.23. The van der Waals surface area contributed by atoms with E-state index in [0.29, 0.717) is 0 Å². The van der Waals surface area contributed by atoms with Gasteiger partial charge in [-0.25, -0.2) is 0 Å². The first-order chi connectivity index (χ1) is 6.28. The molecule has 1 aromatic carbocycles. The van der Waals surface area contributed by atoms with Crippen LogP contribution in [0.5, 0.6) is 0 Å². The van der Waals surface area contributed by atoms with Gasteiger partial charge in [0, 0.05) is 4.90 Å². The highest BCUT2D eigenvalue weighted by Gasteiger charge is 2.39. The predicted molar refractivity (Wildman–Crippen MR) is 54.8 cm³/mol. The van der Waals surface area contributed by atoms with E-state index >= 15 is 0 Å². The second-order valence-corrected chi connectivity index (χ2v) is 4.05. The summed E-state index contributed by atoms with van der Waals surface area (Å²) in [4.78, 5) is 0.948. The number of hydrogen-bond donors (Lipinski definition) is 1. The smallest absolute Gasteiger partial charge is 0.0833 e. The third kappa shape index (κ3) is 1.24. The second kappa shape index (κ2) is 3.08. The Morgan fingerprint density at radius 2 is 2.00 bits per heavy atom. The molecule has 2 heteroatoms. The maximum atomic E-state index is 9.13. The van der Waals surface area contributed by atoms with Gasteiger partial charge in [-0.3, -0.25) is 0 Å². The molecule has 0 N–H and O–H groups in total. The Bertz CT molecular complexity index is 361. The van der Waals surface area contributed by atoms with Crippen molar-refractivity contribution in [3.05, 3.63) is 29.8 Å². The minimum atomic E-state index is -0.224. The van der Waals surface area contributed by atoms with Crippen LogP contribution in [0, 0.1) is 11.3 Å². The summed E-state index contributed by atoms with van der Waals surface area (Å²) >= 11 is 4.38. The predicted octanol–water partition coefficient (Wildman–Crippen LogP) is 2.92. The van der Waals surface area contributed by atoms with Crippen molar-refractivity contribution < 1.29 is 0 Å². The minimum absolute atomic E-state index is 0.224. The van der Waals surface area contributed by atoms with Crippen LogP contribution in [0.1, 0.15) is 24.8 Å². The Labute approximate surface area is 83.8 Å². The van der Waals surface area contributed by atoms with Crippen LogP contribution in [0.2, 0.25) is 0 Å². The fourth-order valence-electron chi connectivity index (χ4n) is 1.85. The number of benzene rings is 1. The zero-order chi connectivity index (χ0) is 9.31. The van der Waals surface area contributed by atoms with E-state index in [1.807, 2.05) is 24.3 Å². The van der Waals surface area contributed by atoms with Crippen molar-refractivity contribution in [3.8, 4) is 6.07 Å². The largest absolute Gasteiger partial charge is 0.197 e. The lowest BCUT2D eigenvalue weighted by Crippen LogP contribution is -2.32. The van der Waals surface area contributed by atoms with Crippen molar-refractivity contribution in [2.24, 2.45) is 0 Å². The van der Waals surface area contributed by atoms with Crippen molar-refractivity contribution in [2.75, 3.05) is 0 Å². The van der Waals surface area contributed by atoms with Gasteiger partial charge in [0.05, 0.1) is 11.5 Å². The van der Waals surface area contributed by atoms with Crippen molar-refractivity contribution >= 4 is 12.6 Å². The Morgan fingerprint density at radius 3 is 2.46 bits per heavy atom. The molecule has 1 aliphatic carbocycles. The molecular weight excluding hydrogens is 178 g/mol. The molecule has 0 heterocycles. The van der Waals surface area contributed by atoms with Gasteiger partial charge in [0.15, 0.2) is 0 Å². The van der Waals surface area contributed by atoms with E-state index in [-0.39, 0.29) is 5.41 Å². The molecule has 13 heavy (non-hydrogen) atoms. The van der Waals surface area contributed by atoms with E-state index in [0.717, 1.165) is 29.7 Å². The van der Waals surface area contributed by atoms with E-state index in [1.165, 1.54) is 0 Å². The summed E-state index contributed by atoms with van der Waals surface area (Å²) in [6.45, 7) is 0. The molecule has 66 valence electrons. The van der Waals surface area contributed by atoms with Crippen LogP contribution in [0.3, 0.4) is 0 Å². The lowest BCUT2D eigenvalue weighted by molar-refractivity contribution is 0.319. The summed E-state index contributed by atoms with van der Waals surface area (Å²) in [6, 6.07) is 10.3. The molecule has 0 aromatic heterocycles. The first kappa shape index (κ1) is 8.65. The Morgan fingerprint density at radius 1 is 1.31 bits per heavy atom. The van der Waals surface area contributed by atoms with Crippen molar-refractivity contribution in [1.29, 1.82) is 5.26 Å². The van der Waals surface area contributed by atoms with Gasteiger partial charge in [0.1, 0.15) is 0 Å². The summed E-state index contributed by atoms with van der Waals surface area (Å²) in [6.07, 6.45) is 3.14. The second-order valence-electron chi connectivity index (χ2n) is 3.56.